The molecule has 4 rings (SSSR count). The van der Waals surface area contributed by atoms with Crippen LogP contribution in [0, 0.1) is 5.92 Å². The first kappa shape index (κ1) is 20.8. The largest absolute Gasteiger partial charge is 0.416 e. The first-order valence-electron chi connectivity index (χ1n) is 9.86. The zero-order valence-corrected chi connectivity index (χ0v) is 16.5. The van der Waals surface area contributed by atoms with Crippen LogP contribution in [0.2, 0.25) is 0 Å². The van der Waals surface area contributed by atoms with Crippen LogP contribution in [0.25, 0.3) is 5.82 Å². The van der Waals surface area contributed by atoms with Gasteiger partial charge in [0.25, 0.3) is 11.5 Å². The van der Waals surface area contributed by atoms with Crippen molar-refractivity contribution in [3.05, 3.63) is 76.3 Å². The van der Waals surface area contributed by atoms with Crippen LogP contribution >= 0.6 is 0 Å². The third-order valence-electron chi connectivity index (χ3n) is 5.36. The molecule has 1 saturated heterocycles. The second-order valence-electron chi connectivity index (χ2n) is 7.48. The van der Waals surface area contributed by atoms with Crippen LogP contribution in [-0.4, -0.2) is 43.5 Å². The van der Waals surface area contributed by atoms with Gasteiger partial charge in [-0.05, 0) is 49.1 Å². The van der Waals surface area contributed by atoms with Crippen LogP contribution in [0.3, 0.4) is 0 Å². The molecule has 7 nitrogen and oxygen atoms in total. The Balaban J connectivity index is 1.40. The summed E-state index contributed by atoms with van der Waals surface area (Å²) >= 11 is 0. The number of rotatable bonds is 4. The van der Waals surface area contributed by atoms with Crippen molar-refractivity contribution in [2.45, 2.75) is 25.6 Å². The fraction of sp³-hybridized carbons (Fsp3) is 0.333. The molecule has 0 saturated carbocycles. The Bertz CT molecular complexity index is 1120. The highest BCUT2D eigenvalue weighted by Gasteiger charge is 2.32. The number of aromatic nitrogens is 4. The molecule has 3 aromatic rings. The van der Waals surface area contributed by atoms with Gasteiger partial charge in [-0.1, -0.05) is 6.07 Å². The van der Waals surface area contributed by atoms with Gasteiger partial charge in [-0.25, -0.2) is 9.36 Å². The van der Waals surface area contributed by atoms with Gasteiger partial charge in [0.15, 0.2) is 5.82 Å². The number of carbonyl (C=O) groups excluding carboxylic acids is 1. The minimum Gasteiger partial charge on any atom is -0.339 e. The van der Waals surface area contributed by atoms with Crippen molar-refractivity contribution in [2.24, 2.45) is 5.92 Å². The second-order valence-corrected chi connectivity index (χ2v) is 7.48. The molecule has 0 spiro atoms. The topological polar surface area (TPSA) is 73.0 Å². The molecule has 1 aromatic carbocycles. The van der Waals surface area contributed by atoms with Gasteiger partial charge in [-0.3, -0.25) is 9.59 Å². The van der Waals surface area contributed by atoms with Crippen molar-refractivity contribution in [2.75, 3.05) is 13.1 Å². The summed E-state index contributed by atoms with van der Waals surface area (Å²) in [6.45, 7) is 1.22. The van der Waals surface area contributed by atoms with Gasteiger partial charge >= 0.3 is 6.18 Å². The molecule has 0 aliphatic carbocycles. The molecule has 3 heterocycles. The van der Waals surface area contributed by atoms with E-state index >= 15 is 0 Å². The fourth-order valence-corrected chi connectivity index (χ4v) is 3.67. The van der Waals surface area contributed by atoms with E-state index in [0.717, 1.165) is 12.1 Å². The van der Waals surface area contributed by atoms with Crippen molar-refractivity contribution in [1.29, 1.82) is 0 Å². The maximum atomic E-state index is 12.9. The molecule has 31 heavy (non-hydrogen) atoms. The summed E-state index contributed by atoms with van der Waals surface area (Å²) in [5, 5.41) is 8.47. The molecule has 1 aliphatic rings. The number of nitrogens with zero attached hydrogens (tertiary/aromatic N) is 5. The van der Waals surface area contributed by atoms with Crippen LogP contribution in [0.5, 0.6) is 0 Å². The summed E-state index contributed by atoms with van der Waals surface area (Å²) in [6, 6.07) is 9.28. The number of hydrogen-bond acceptors (Lipinski definition) is 4. The average Bonchev–Trinajstić information content (AvgIpc) is 3.30. The highest BCUT2D eigenvalue weighted by atomic mass is 19.4. The smallest absolute Gasteiger partial charge is 0.339 e. The highest BCUT2D eigenvalue weighted by Crippen LogP contribution is 2.30. The Morgan fingerprint density at radius 2 is 1.87 bits per heavy atom. The van der Waals surface area contributed by atoms with E-state index in [2.05, 4.69) is 10.2 Å². The van der Waals surface area contributed by atoms with Crippen LogP contribution in [0.15, 0.2) is 59.7 Å². The van der Waals surface area contributed by atoms with Crippen LogP contribution in [0.1, 0.15) is 28.8 Å². The molecule has 10 heteroatoms. The standard InChI is InChI=1S/C21H20F3N5O2/c22-21(23,24)17-4-1-3-16(13-17)20(31)27-11-7-15(8-12-27)14-29-19(30)6-5-18(26-29)28-10-2-9-25-28/h1-6,9-10,13,15H,7-8,11-12,14H2. The van der Waals surface area contributed by atoms with Crippen LogP contribution in [-0.2, 0) is 12.7 Å². The normalized spacial score (nSPS) is 15.3. The Labute approximate surface area is 175 Å². The number of halogens is 3. The number of carbonyl (C=O) groups is 1. The third-order valence-corrected chi connectivity index (χ3v) is 5.36. The summed E-state index contributed by atoms with van der Waals surface area (Å²) in [5.41, 5.74) is -1.03. The summed E-state index contributed by atoms with van der Waals surface area (Å²) < 4.78 is 41.7. The van der Waals surface area contributed by atoms with E-state index in [-0.39, 0.29) is 17.0 Å². The Morgan fingerprint density at radius 1 is 1.10 bits per heavy atom. The minimum atomic E-state index is -4.49. The van der Waals surface area contributed by atoms with E-state index in [1.807, 2.05) is 0 Å². The fourth-order valence-electron chi connectivity index (χ4n) is 3.67. The first-order chi connectivity index (χ1) is 14.8. The number of piperidine rings is 1. The van der Waals surface area contributed by atoms with Gasteiger partial charge in [0.1, 0.15) is 0 Å². The van der Waals surface area contributed by atoms with Crippen molar-refractivity contribution >= 4 is 5.91 Å². The molecular weight excluding hydrogens is 411 g/mol. The lowest BCUT2D eigenvalue weighted by Crippen LogP contribution is -2.40. The van der Waals surface area contributed by atoms with E-state index in [1.165, 1.54) is 22.9 Å². The average molecular weight is 431 g/mol. The van der Waals surface area contributed by atoms with Crippen molar-refractivity contribution in [3.8, 4) is 5.82 Å². The Hall–Kier alpha value is -3.43. The number of amides is 1. The predicted octanol–water partition coefficient (Wildman–Crippen LogP) is 3.00. The zero-order chi connectivity index (χ0) is 22.0. The lowest BCUT2D eigenvalue weighted by atomic mass is 9.96. The van der Waals surface area contributed by atoms with Gasteiger partial charge in [0.05, 0.1) is 5.56 Å². The van der Waals surface area contributed by atoms with E-state index in [0.29, 0.717) is 38.3 Å². The van der Waals surface area contributed by atoms with Crippen LogP contribution in [0.4, 0.5) is 13.2 Å². The molecule has 0 radical (unpaired) electrons. The number of benzene rings is 1. The SMILES string of the molecule is O=C(c1cccc(C(F)(F)F)c1)N1CCC(Cn2nc(-n3cccn3)ccc2=O)CC1. The van der Waals surface area contributed by atoms with Crippen molar-refractivity contribution in [1.82, 2.24) is 24.5 Å². The molecule has 2 aromatic heterocycles. The third kappa shape index (κ3) is 4.68. The summed E-state index contributed by atoms with van der Waals surface area (Å²) in [4.78, 5) is 26.4. The van der Waals surface area contributed by atoms with Gasteiger partial charge in [0.2, 0.25) is 0 Å². The molecule has 162 valence electrons. The first-order valence-corrected chi connectivity index (χ1v) is 9.86. The van der Waals surface area contributed by atoms with Gasteiger partial charge in [-0.2, -0.15) is 18.3 Å². The molecule has 0 bridgehead atoms. The zero-order valence-electron chi connectivity index (χ0n) is 16.5. The van der Waals surface area contributed by atoms with Crippen molar-refractivity contribution in [3.63, 3.8) is 0 Å². The molecule has 1 aliphatic heterocycles. The molecule has 1 amide bonds. The summed E-state index contributed by atoms with van der Waals surface area (Å²) in [7, 11) is 0. The van der Waals surface area contributed by atoms with Crippen molar-refractivity contribution < 1.29 is 18.0 Å². The number of alkyl halides is 3. The number of likely N-dealkylation sites (tertiary alicyclic amines) is 1. The Morgan fingerprint density at radius 3 is 2.55 bits per heavy atom. The van der Waals surface area contributed by atoms with E-state index in [4.69, 9.17) is 0 Å². The van der Waals surface area contributed by atoms with E-state index in [9.17, 15) is 22.8 Å². The monoisotopic (exact) mass is 431 g/mol. The molecule has 1 fully saturated rings. The van der Waals surface area contributed by atoms with Gasteiger partial charge in [0, 0.05) is 43.7 Å². The molecule has 0 N–H and O–H groups in total. The Kier molecular flexibility index (Phi) is 5.62. The maximum Gasteiger partial charge on any atom is 0.416 e. The van der Waals surface area contributed by atoms with Crippen LogP contribution < -0.4 is 5.56 Å². The van der Waals surface area contributed by atoms with E-state index in [1.54, 1.807) is 34.1 Å². The second kappa shape index (κ2) is 8.37. The quantitative estimate of drug-likeness (QED) is 0.637. The highest BCUT2D eigenvalue weighted by molar-refractivity contribution is 5.94. The minimum absolute atomic E-state index is 0.0260. The predicted molar refractivity (Wildman–Crippen MR) is 106 cm³/mol. The van der Waals surface area contributed by atoms with Gasteiger partial charge < -0.3 is 4.90 Å². The summed E-state index contributed by atoms with van der Waals surface area (Å²) in [6.07, 6.45) is 0.118. The summed E-state index contributed by atoms with van der Waals surface area (Å²) in [5.74, 6) is 0.242. The number of hydrogen-bond donors (Lipinski definition) is 0. The molecular formula is C21H20F3N5O2. The lowest BCUT2D eigenvalue weighted by Gasteiger charge is -2.32. The maximum absolute atomic E-state index is 12.9. The molecule has 0 unspecified atom stereocenters. The molecule has 0 atom stereocenters. The lowest BCUT2D eigenvalue weighted by molar-refractivity contribution is -0.137. The van der Waals surface area contributed by atoms with E-state index < -0.39 is 17.6 Å². The van der Waals surface area contributed by atoms with Gasteiger partial charge in [-0.15, -0.1) is 5.10 Å².